The molecule has 0 amide bonds. The molecular formula is C17H25NS. The van der Waals surface area contributed by atoms with E-state index in [-0.39, 0.29) is 0 Å². The minimum absolute atomic E-state index is 0.682. The predicted molar refractivity (Wildman–Crippen MR) is 81.4 cm³/mol. The quantitative estimate of drug-likeness (QED) is 0.861. The maximum atomic E-state index is 3.78. The molecule has 1 heterocycles. The van der Waals surface area contributed by atoms with E-state index in [0.29, 0.717) is 5.41 Å². The highest BCUT2D eigenvalue weighted by Gasteiger charge is 2.50. The summed E-state index contributed by atoms with van der Waals surface area (Å²) in [5.41, 5.74) is 0.682. The molecule has 2 heteroatoms. The molecule has 1 aromatic heterocycles. The Hall–Kier alpha value is -0.340. The van der Waals surface area contributed by atoms with E-state index in [4.69, 9.17) is 0 Å². The minimum Gasteiger partial charge on any atom is -0.311 e. The van der Waals surface area contributed by atoms with Crippen molar-refractivity contribution in [3.8, 4) is 0 Å². The molecule has 4 fully saturated rings. The molecule has 0 saturated heterocycles. The maximum Gasteiger partial charge on any atom is 0.0300 e. The first-order valence-electron chi connectivity index (χ1n) is 7.97. The molecule has 104 valence electrons. The van der Waals surface area contributed by atoms with Gasteiger partial charge in [0.05, 0.1) is 0 Å². The zero-order valence-electron chi connectivity index (χ0n) is 12.0. The standard InChI is InChI=1S/C17H25NS/c1-12-2-3-16(19-12)10-18-11-17-7-13-4-14(8-17)6-15(5-13)9-17/h2-3,13-15,18H,4-11H2,1H3. The van der Waals surface area contributed by atoms with Crippen molar-refractivity contribution in [1.82, 2.24) is 5.32 Å². The van der Waals surface area contributed by atoms with Crippen LogP contribution >= 0.6 is 11.3 Å². The Kier molecular flexibility index (Phi) is 3.00. The molecular weight excluding hydrogens is 250 g/mol. The highest BCUT2D eigenvalue weighted by atomic mass is 32.1. The third-order valence-corrected chi connectivity index (χ3v) is 6.76. The molecule has 1 aromatic rings. The Bertz CT molecular complexity index is 426. The summed E-state index contributed by atoms with van der Waals surface area (Å²) in [5.74, 6) is 3.24. The topological polar surface area (TPSA) is 12.0 Å². The molecule has 0 spiro atoms. The van der Waals surface area contributed by atoms with Crippen molar-refractivity contribution in [2.45, 2.75) is 52.0 Å². The van der Waals surface area contributed by atoms with Crippen molar-refractivity contribution < 1.29 is 0 Å². The number of rotatable bonds is 4. The van der Waals surface area contributed by atoms with Crippen LogP contribution in [0.5, 0.6) is 0 Å². The SMILES string of the molecule is Cc1ccc(CNCC23CC4CC(CC(C4)C2)C3)s1. The molecule has 4 aliphatic rings. The van der Waals surface area contributed by atoms with Crippen molar-refractivity contribution in [3.63, 3.8) is 0 Å². The molecule has 0 atom stereocenters. The summed E-state index contributed by atoms with van der Waals surface area (Å²) >= 11 is 1.94. The number of thiophene rings is 1. The molecule has 4 bridgehead atoms. The average molecular weight is 275 g/mol. The van der Waals surface area contributed by atoms with Gasteiger partial charge in [0.15, 0.2) is 0 Å². The molecule has 4 saturated carbocycles. The molecule has 4 aliphatic carbocycles. The summed E-state index contributed by atoms with van der Waals surface area (Å²) in [4.78, 5) is 2.94. The monoisotopic (exact) mass is 275 g/mol. The van der Waals surface area contributed by atoms with E-state index < -0.39 is 0 Å². The number of nitrogens with one attached hydrogen (secondary N) is 1. The van der Waals surface area contributed by atoms with Gasteiger partial charge in [0.2, 0.25) is 0 Å². The Labute approximate surface area is 120 Å². The highest BCUT2D eigenvalue weighted by molar-refractivity contribution is 7.11. The van der Waals surface area contributed by atoms with Crippen LogP contribution in [0.4, 0.5) is 0 Å². The maximum absolute atomic E-state index is 3.78. The van der Waals surface area contributed by atoms with Gasteiger partial charge < -0.3 is 5.32 Å². The number of aryl methyl sites for hydroxylation is 1. The van der Waals surface area contributed by atoms with Crippen LogP contribution < -0.4 is 5.32 Å². The van der Waals surface area contributed by atoms with Crippen LogP contribution in [0.25, 0.3) is 0 Å². The largest absolute Gasteiger partial charge is 0.311 e. The van der Waals surface area contributed by atoms with Crippen molar-refractivity contribution in [1.29, 1.82) is 0 Å². The van der Waals surface area contributed by atoms with Gasteiger partial charge in [0, 0.05) is 22.8 Å². The summed E-state index contributed by atoms with van der Waals surface area (Å²) < 4.78 is 0. The van der Waals surface area contributed by atoms with E-state index in [1.807, 2.05) is 11.3 Å². The first-order valence-corrected chi connectivity index (χ1v) is 8.78. The summed E-state index contributed by atoms with van der Waals surface area (Å²) in [6, 6.07) is 4.53. The van der Waals surface area contributed by atoms with E-state index in [0.717, 1.165) is 24.3 Å². The Morgan fingerprint density at radius 1 is 1.11 bits per heavy atom. The van der Waals surface area contributed by atoms with Crippen LogP contribution in [-0.2, 0) is 6.54 Å². The molecule has 0 aromatic carbocycles. The first kappa shape index (κ1) is 12.4. The molecule has 5 rings (SSSR count). The van der Waals surface area contributed by atoms with Crippen LogP contribution in [0, 0.1) is 30.1 Å². The fourth-order valence-electron chi connectivity index (χ4n) is 5.54. The van der Waals surface area contributed by atoms with Gasteiger partial charge in [0.25, 0.3) is 0 Å². The lowest BCUT2D eigenvalue weighted by Gasteiger charge is -2.57. The molecule has 0 radical (unpaired) electrons. The Morgan fingerprint density at radius 2 is 1.74 bits per heavy atom. The van der Waals surface area contributed by atoms with E-state index in [1.54, 1.807) is 19.3 Å². The van der Waals surface area contributed by atoms with Crippen molar-refractivity contribution in [2.24, 2.45) is 23.2 Å². The fourth-order valence-corrected chi connectivity index (χ4v) is 6.40. The van der Waals surface area contributed by atoms with Crippen LogP contribution in [0.1, 0.15) is 48.3 Å². The molecule has 1 nitrogen and oxygen atoms in total. The van der Waals surface area contributed by atoms with E-state index >= 15 is 0 Å². The third kappa shape index (κ3) is 2.38. The number of hydrogen-bond acceptors (Lipinski definition) is 2. The second-order valence-electron chi connectivity index (χ2n) is 7.53. The van der Waals surface area contributed by atoms with Gasteiger partial charge in [-0.1, -0.05) is 0 Å². The van der Waals surface area contributed by atoms with E-state index in [9.17, 15) is 0 Å². The second kappa shape index (κ2) is 4.60. The van der Waals surface area contributed by atoms with Crippen molar-refractivity contribution >= 4 is 11.3 Å². The van der Waals surface area contributed by atoms with Gasteiger partial charge in [-0.2, -0.15) is 0 Å². The average Bonchev–Trinajstić information content (AvgIpc) is 2.73. The molecule has 1 N–H and O–H groups in total. The van der Waals surface area contributed by atoms with Crippen LogP contribution in [0.15, 0.2) is 12.1 Å². The van der Waals surface area contributed by atoms with Gasteiger partial charge in [-0.05, 0) is 80.8 Å². The lowest BCUT2D eigenvalue weighted by molar-refractivity contribution is -0.0514. The first-order chi connectivity index (χ1) is 9.21. The number of hydrogen-bond donors (Lipinski definition) is 1. The smallest absolute Gasteiger partial charge is 0.0300 e. The molecule has 0 aliphatic heterocycles. The van der Waals surface area contributed by atoms with E-state index in [1.165, 1.54) is 35.6 Å². The van der Waals surface area contributed by atoms with Crippen LogP contribution in [-0.4, -0.2) is 6.54 Å². The summed E-state index contributed by atoms with van der Waals surface area (Å²) in [6.45, 7) is 4.56. The predicted octanol–water partition coefficient (Wildman–Crippen LogP) is 4.36. The fraction of sp³-hybridized carbons (Fsp3) is 0.765. The van der Waals surface area contributed by atoms with E-state index in [2.05, 4.69) is 24.4 Å². The lowest BCUT2D eigenvalue weighted by atomic mass is 9.49. The van der Waals surface area contributed by atoms with Crippen LogP contribution in [0.3, 0.4) is 0 Å². The van der Waals surface area contributed by atoms with Crippen LogP contribution in [0.2, 0.25) is 0 Å². The Morgan fingerprint density at radius 3 is 2.26 bits per heavy atom. The zero-order valence-corrected chi connectivity index (χ0v) is 12.8. The van der Waals surface area contributed by atoms with Gasteiger partial charge in [0.1, 0.15) is 0 Å². The third-order valence-electron chi connectivity index (χ3n) is 5.76. The zero-order chi connectivity index (χ0) is 12.9. The van der Waals surface area contributed by atoms with Gasteiger partial charge in [-0.15, -0.1) is 11.3 Å². The highest BCUT2D eigenvalue weighted by Crippen LogP contribution is 2.59. The summed E-state index contributed by atoms with van der Waals surface area (Å²) in [6.07, 6.45) is 9.25. The van der Waals surface area contributed by atoms with Gasteiger partial charge in [-0.25, -0.2) is 0 Å². The Balaban J connectivity index is 1.37. The molecule has 0 unspecified atom stereocenters. The van der Waals surface area contributed by atoms with Gasteiger partial charge >= 0.3 is 0 Å². The van der Waals surface area contributed by atoms with Gasteiger partial charge in [-0.3, -0.25) is 0 Å². The van der Waals surface area contributed by atoms with Crippen molar-refractivity contribution in [3.05, 3.63) is 21.9 Å². The lowest BCUT2D eigenvalue weighted by Crippen LogP contribution is -2.50. The summed E-state index contributed by atoms with van der Waals surface area (Å²) in [5, 5.41) is 3.78. The normalized spacial score (nSPS) is 39.9. The minimum atomic E-state index is 0.682. The van der Waals surface area contributed by atoms with Crippen molar-refractivity contribution in [2.75, 3.05) is 6.54 Å². The molecule has 19 heavy (non-hydrogen) atoms. The second-order valence-corrected chi connectivity index (χ2v) is 8.91. The summed E-state index contributed by atoms with van der Waals surface area (Å²) in [7, 11) is 0.